The molecule has 1 saturated carbocycles. The Labute approximate surface area is 281 Å². The largest absolute Gasteiger partial charge is 0.390 e. The van der Waals surface area contributed by atoms with E-state index in [1.54, 1.807) is 14.1 Å². The smallest absolute Gasteiger partial charge is 0.242 e. The van der Waals surface area contributed by atoms with Crippen molar-refractivity contribution in [3.8, 4) is 24.7 Å². The van der Waals surface area contributed by atoms with Crippen molar-refractivity contribution in [1.29, 1.82) is 0 Å². The number of likely N-dealkylation sites (N-methyl/N-ethyl adjacent to an activating group) is 2. The van der Waals surface area contributed by atoms with Gasteiger partial charge in [0.05, 0.1) is 24.2 Å². The molecule has 260 valence electrons. The number of carbonyl (C=O) groups is 3. The number of nitrogens with one attached hydrogen (secondary N) is 2. The Hall–Kier alpha value is -3.44. The Kier molecular flexibility index (Phi) is 18.8. The highest BCUT2D eigenvalue weighted by Crippen LogP contribution is 2.29. The van der Waals surface area contributed by atoms with E-state index in [1.807, 2.05) is 30.3 Å². The molecule has 3 amide bonds. The lowest BCUT2D eigenvalue weighted by atomic mass is 9.82. The molecule has 1 aliphatic carbocycles. The van der Waals surface area contributed by atoms with Crippen LogP contribution in [0.5, 0.6) is 0 Å². The molecule has 0 spiro atoms. The number of benzene rings is 1. The second-order valence-corrected chi connectivity index (χ2v) is 12.9. The molecular weight excluding hydrogens is 599 g/mol. The van der Waals surface area contributed by atoms with Crippen molar-refractivity contribution in [2.75, 3.05) is 34.0 Å². The number of aliphatic hydroxyl groups excluding tert-OH is 2. The summed E-state index contributed by atoms with van der Waals surface area (Å²) in [4.78, 5) is 43.7. The summed E-state index contributed by atoms with van der Waals surface area (Å²) in [6.07, 6.45) is 16.3. The molecule has 0 bridgehead atoms. The van der Waals surface area contributed by atoms with E-state index in [2.05, 4.69) is 22.5 Å². The molecule has 0 heterocycles. The minimum atomic E-state index is -1.21. The molecule has 1 fully saturated rings. The van der Waals surface area contributed by atoms with Gasteiger partial charge in [-0.05, 0) is 50.6 Å². The van der Waals surface area contributed by atoms with Crippen LogP contribution in [0.4, 0.5) is 4.39 Å². The van der Waals surface area contributed by atoms with Gasteiger partial charge in [0.2, 0.25) is 17.7 Å². The van der Waals surface area contributed by atoms with Crippen LogP contribution in [0.15, 0.2) is 30.3 Å². The van der Waals surface area contributed by atoms with E-state index >= 15 is 0 Å². The SMILES string of the molecule is C#CCCCC(O)C(O)C(CC1CCCCC1)NC(=O)[C@H](CCC#C)NC(=O)C(CC(=O)N(C)CCN(C)CF)Cc1ccccc1. The number of nitrogens with zero attached hydrogens (tertiary/aromatic N) is 2. The molecule has 2 rings (SSSR count). The van der Waals surface area contributed by atoms with E-state index in [4.69, 9.17) is 12.8 Å². The van der Waals surface area contributed by atoms with Crippen LogP contribution in [0.1, 0.15) is 82.6 Å². The number of carbonyl (C=O) groups excluding carboxylic acids is 3. The first kappa shape index (κ1) is 39.7. The van der Waals surface area contributed by atoms with Gasteiger partial charge in [0.25, 0.3) is 0 Å². The molecule has 1 aromatic rings. The summed E-state index contributed by atoms with van der Waals surface area (Å²) in [5.74, 6) is 3.35. The summed E-state index contributed by atoms with van der Waals surface area (Å²) in [5.41, 5.74) is 0.861. The van der Waals surface area contributed by atoms with Gasteiger partial charge in [-0.15, -0.1) is 24.7 Å². The number of aliphatic hydroxyl groups is 2. The van der Waals surface area contributed by atoms with E-state index in [9.17, 15) is 29.0 Å². The Morgan fingerprint density at radius 2 is 1.64 bits per heavy atom. The van der Waals surface area contributed by atoms with Gasteiger partial charge >= 0.3 is 0 Å². The van der Waals surface area contributed by atoms with Crippen LogP contribution in [-0.2, 0) is 20.8 Å². The number of alkyl halides is 1. The highest BCUT2D eigenvalue weighted by atomic mass is 19.1. The van der Waals surface area contributed by atoms with Crippen molar-refractivity contribution >= 4 is 17.7 Å². The van der Waals surface area contributed by atoms with Crippen molar-refractivity contribution < 1.29 is 29.0 Å². The lowest BCUT2D eigenvalue weighted by Gasteiger charge is -2.33. The van der Waals surface area contributed by atoms with Crippen LogP contribution in [-0.4, -0.2) is 96.0 Å². The number of amides is 3. The Bertz CT molecular complexity index is 1160. The lowest BCUT2D eigenvalue weighted by molar-refractivity contribution is -0.137. The Morgan fingerprint density at radius 1 is 0.957 bits per heavy atom. The van der Waals surface area contributed by atoms with E-state index in [-0.39, 0.29) is 31.6 Å². The fourth-order valence-electron chi connectivity index (χ4n) is 6.02. The monoisotopic (exact) mass is 654 g/mol. The molecule has 5 atom stereocenters. The summed E-state index contributed by atoms with van der Waals surface area (Å²) in [7, 11) is 3.23. The van der Waals surface area contributed by atoms with E-state index in [0.717, 1.165) is 37.7 Å². The van der Waals surface area contributed by atoms with Crippen molar-refractivity contribution in [2.24, 2.45) is 11.8 Å². The number of unbranched alkanes of at least 4 members (excludes halogenated alkanes) is 1. The zero-order valence-electron chi connectivity index (χ0n) is 28.2. The Morgan fingerprint density at radius 3 is 2.28 bits per heavy atom. The van der Waals surface area contributed by atoms with Crippen molar-refractivity contribution in [2.45, 2.75) is 108 Å². The van der Waals surface area contributed by atoms with Crippen LogP contribution in [0, 0.1) is 36.5 Å². The molecule has 9 nitrogen and oxygen atoms in total. The van der Waals surface area contributed by atoms with Crippen molar-refractivity contribution in [3.05, 3.63) is 35.9 Å². The summed E-state index contributed by atoms with van der Waals surface area (Å²) in [6.45, 7) is 0.00593. The lowest BCUT2D eigenvalue weighted by Crippen LogP contribution is -2.56. The van der Waals surface area contributed by atoms with E-state index in [0.29, 0.717) is 44.7 Å². The summed E-state index contributed by atoms with van der Waals surface area (Å²) >= 11 is 0. The zero-order valence-corrected chi connectivity index (χ0v) is 28.2. The maximum atomic E-state index is 13.8. The predicted octanol–water partition coefficient (Wildman–Crippen LogP) is 3.43. The number of hydrogen-bond acceptors (Lipinski definition) is 6. The van der Waals surface area contributed by atoms with E-state index in [1.165, 1.54) is 9.80 Å². The molecule has 0 aromatic heterocycles. The average molecular weight is 655 g/mol. The molecule has 1 aliphatic rings. The van der Waals surface area contributed by atoms with Crippen molar-refractivity contribution in [1.82, 2.24) is 20.4 Å². The molecule has 47 heavy (non-hydrogen) atoms. The summed E-state index contributed by atoms with van der Waals surface area (Å²) in [6, 6.07) is 7.58. The van der Waals surface area contributed by atoms with Crippen LogP contribution in [0.3, 0.4) is 0 Å². The minimum Gasteiger partial charge on any atom is -0.390 e. The standard InChI is InChI=1S/C37H55FN4O5/c1-5-7-11-21-33(43)35(45)32(25-29-18-14-10-15-19-29)40-37(47)31(20-8-6-2)39-36(46)30(24-28-16-12-9-13-17-28)26-34(44)42(4)23-22-41(3)27-38/h1-2,9,12-13,16-17,29-33,35,43,45H,7-8,10-11,14-15,18-27H2,3-4H3,(H,39,46)(H,40,47)/t30?,31-,32?,33?,35?/m0/s1. The van der Waals surface area contributed by atoms with Gasteiger partial charge in [-0.2, -0.15) is 0 Å². The third-order valence-corrected chi connectivity index (χ3v) is 9.04. The first-order chi connectivity index (χ1) is 22.6. The maximum Gasteiger partial charge on any atom is 0.242 e. The second kappa shape index (κ2) is 22.2. The highest BCUT2D eigenvalue weighted by molar-refractivity contribution is 5.91. The first-order valence-corrected chi connectivity index (χ1v) is 17.0. The van der Waals surface area contributed by atoms with Gasteiger partial charge in [-0.1, -0.05) is 62.4 Å². The highest BCUT2D eigenvalue weighted by Gasteiger charge is 2.34. The number of terminal acetylenes is 2. The average Bonchev–Trinajstić information content (AvgIpc) is 3.08. The van der Waals surface area contributed by atoms with Gasteiger partial charge in [-0.25, -0.2) is 4.39 Å². The van der Waals surface area contributed by atoms with Crippen molar-refractivity contribution in [3.63, 3.8) is 0 Å². The quantitative estimate of drug-likeness (QED) is 0.0916. The van der Waals surface area contributed by atoms with Gasteiger partial charge in [0.15, 0.2) is 0 Å². The second-order valence-electron chi connectivity index (χ2n) is 12.9. The van der Waals surface area contributed by atoms with Gasteiger partial charge in [-0.3, -0.25) is 19.3 Å². The van der Waals surface area contributed by atoms with Crippen LogP contribution < -0.4 is 10.6 Å². The molecule has 10 heteroatoms. The third kappa shape index (κ3) is 14.9. The number of hydrogen-bond donors (Lipinski definition) is 4. The molecular formula is C37H55FN4O5. The topological polar surface area (TPSA) is 122 Å². The maximum absolute atomic E-state index is 13.8. The summed E-state index contributed by atoms with van der Waals surface area (Å²) < 4.78 is 12.9. The molecule has 0 saturated heterocycles. The first-order valence-electron chi connectivity index (χ1n) is 17.0. The third-order valence-electron chi connectivity index (χ3n) is 9.04. The van der Waals surface area contributed by atoms with Gasteiger partial charge < -0.3 is 25.7 Å². The molecule has 0 aliphatic heterocycles. The Balaban J connectivity index is 2.23. The molecule has 1 aromatic carbocycles. The molecule has 4 unspecified atom stereocenters. The van der Waals surface area contributed by atoms with Crippen LogP contribution in [0.25, 0.3) is 0 Å². The van der Waals surface area contributed by atoms with Gasteiger partial charge in [0.1, 0.15) is 12.8 Å². The fraction of sp³-hybridized carbons (Fsp3) is 0.649. The molecule has 0 radical (unpaired) electrons. The zero-order chi connectivity index (χ0) is 34.6. The van der Waals surface area contributed by atoms with Crippen LogP contribution in [0.2, 0.25) is 0 Å². The molecule has 4 N–H and O–H groups in total. The summed E-state index contributed by atoms with van der Waals surface area (Å²) in [5, 5.41) is 27.8. The number of halogens is 1. The normalized spacial score (nSPS) is 16.6. The minimum absolute atomic E-state index is 0.104. The van der Waals surface area contributed by atoms with E-state index < -0.39 is 48.8 Å². The van der Waals surface area contributed by atoms with Gasteiger partial charge in [0, 0.05) is 39.4 Å². The fourth-order valence-corrected chi connectivity index (χ4v) is 6.02. The number of rotatable bonds is 21. The van der Waals surface area contributed by atoms with Crippen LogP contribution >= 0.6 is 0 Å². The predicted molar refractivity (Wildman–Crippen MR) is 182 cm³/mol.